The molecule has 3 heterocycles. The van der Waals surface area contributed by atoms with E-state index in [2.05, 4.69) is 15.3 Å². The summed E-state index contributed by atoms with van der Waals surface area (Å²) in [6.07, 6.45) is 2.60. The maximum Gasteiger partial charge on any atom is 0.337 e. The maximum atomic E-state index is 12.7. The number of nitrogens with zero attached hydrogens (tertiary/aromatic N) is 3. The molecule has 0 radical (unpaired) electrons. The normalized spacial score (nSPS) is 10.7. The third kappa shape index (κ3) is 3.16. The third-order valence-corrected chi connectivity index (χ3v) is 3.90. The van der Waals surface area contributed by atoms with E-state index < -0.39 is 17.3 Å². The van der Waals surface area contributed by atoms with E-state index in [-0.39, 0.29) is 16.9 Å². The summed E-state index contributed by atoms with van der Waals surface area (Å²) in [6.45, 7) is 4.26. The molecule has 0 fully saturated rings. The van der Waals surface area contributed by atoms with Gasteiger partial charge in [-0.1, -0.05) is 0 Å². The molecule has 0 spiro atoms. The summed E-state index contributed by atoms with van der Waals surface area (Å²) in [6, 6.07) is 6.06. The summed E-state index contributed by atoms with van der Waals surface area (Å²) >= 11 is 0. The highest BCUT2D eigenvalue weighted by molar-refractivity contribution is 6.05. The molecule has 0 atom stereocenters. The van der Waals surface area contributed by atoms with Crippen LogP contribution in [0.25, 0.3) is 11.0 Å². The van der Waals surface area contributed by atoms with Crippen molar-refractivity contribution in [1.29, 1.82) is 0 Å². The number of nitrogens with one attached hydrogen (secondary N) is 1. The van der Waals surface area contributed by atoms with Crippen molar-refractivity contribution in [1.82, 2.24) is 14.5 Å². The number of carboxylic acid groups (broad SMARTS) is 1. The number of aromatic nitrogens is 3. The number of hydrogen-bond donors (Lipinski definition) is 2. The lowest BCUT2D eigenvalue weighted by molar-refractivity contribution is 0.0696. The standard InChI is InChI=1S/C18H16N4O4/c1-3-22-9-13(15(23)12-6-4-10(2)20-16(12)22)17(24)21-14-7-5-11(8-19-14)18(25)26/h4-9H,3H2,1-2H3,(H,25,26)(H,19,21,24). The summed E-state index contributed by atoms with van der Waals surface area (Å²) in [5.41, 5.74) is 0.853. The van der Waals surface area contributed by atoms with Gasteiger partial charge in [0.05, 0.1) is 10.9 Å². The second-order valence-corrected chi connectivity index (χ2v) is 5.67. The molecule has 8 nitrogen and oxygen atoms in total. The molecule has 0 saturated carbocycles. The van der Waals surface area contributed by atoms with Gasteiger partial charge in [-0.05, 0) is 38.1 Å². The quantitative estimate of drug-likeness (QED) is 0.743. The van der Waals surface area contributed by atoms with Gasteiger partial charge < -0.3 is 15.0 Å². The Morgan fingerprint density at radius 3 is 2.62 bits per heavy atom. The van der Waals surface area contributed by atoms with E-state index in [1.807, 2.05) is 13.8 Å². The SMILES string of the molecule is CCn1cc(C(=O)Nc2ccc(C(=O)O)cn2)c(=O)c2ccc(C)nc21. The van der Waals surface area contributed by atoms with Crippen molar-refractivity contribution in [3.05, 3.63) is 63.7 Å². The van der Waals surface area contributed by atoms with Crippen LogP contribution in [0.4, 0.5) is 5.82 Å². The van der Waals surface area contributed by atoms with Crippen molar-refractivity contribution in [3.8, 4) is 0 Å². The van der Waals surface area contributed by atoms with Crippen LogP contribution >= 0.6 is 0 Å². The summed E-state index contributed by atoms with van der Waals surface area (Å²) in [4.78, 5) is 44.3. The van der Waals surface area contributed by atoms with Crippen LogP contribution < -0.4 is 10.7 Å². The third-order valence-electron chi connectivity index (χ3n) is 3.90. The Morgan fingerprint density at radius 2 is 2.00 bits per heavy atom. The van der Waals surface area contributed by atoms with Gasteiger partial charge in [0.25, 0.3) is 5.91 Å². The zero-order valence-electron chi connectivity index (χ0n) is 14.2. The minimum atomic E-state index is -1.11. The maximum absolute atomic E-state index is 12.7. The van der Waals surface area contributed by atoms with Crippen molar-refractivity contribution in [2.45, 2.75) is 20.4 Å². The summed E-state index contributed by atoms with van der Waals surface area (Å²) in [7, 11) is 0. The van der Waals surface area contributed by atoms with Gasteiger partial charge in [0.1, 0.15) is 17.0 Å². The molecule has 2 N–H and O–H groups in total. The fourth-order valence-electron chi connectivity index (χ4n) is 2.54. The minimum Gasteiger partial charge on any atom is -0.478 e. The first-order chi connectivity index (χ1) is 12.4. The average Bonchev–Trinajstić information content (AvgIpc) is 2.62. The molecule has 0 aliphatic carbocycles. The molecule has 8 heteroatoms. The molecule has 0 aliphatic heterocycles. The number of aryl methyl sites for hydroxylation is 2. The van der Waals surface area contributed by atoms with Gasteiger partial charge in [0.2, 0.25) is 5.43 Å². The van der Waals surface area contributed by atoms with Gasteiger partial charge in [0.15, 0.2) is 0 Å². The van der Waals surface area contributed by atoms with E-state index in [0.29, 0.717) is 17.6 Å². The molecule has 26 heavy (non-hydrogen) atoms. The van der Waals surface area contributed by atoms with Gasteiger partial charge in [-0.15, -0.1) is 0 Å². The van der Waals surface area contributed by atoms with Crippen LogP contribution in [0.15, 0.2) is 41.5 Å². The van der Waals surface area contributed by atoms with Crippen molar-refractivity contribution in [3.63, 3.8) is 0 Å². The molecule has 3 aromatic heterocycles. The predicted octanol–water partition coefficient (Wildman–Crippen LogP) is 2.07. The molecule has 0 aliphatic rings. The Balaban J connectivity index is 2.00. The molecule has 0 aromatic carbocycles. The number of carbonyl (C=O) groups is 2. The van der Waals surface area contributed by atoms with E-state index >= 15 is 0 Å². The number of carboxylic acids is 1. The molecular formula is C18H16N4O4. The molecule has 3 aromatic rings. The molecule has 3 rings (SSSR count). The summed E-state index contributed by atoms with van der Waals surface area (Å²) in [5.74, 6) is -1.57. The first-order valence-electron chi connectivity index (χ1n) is 7.92. The Morgan fingerprint density at radius 1 is 1.23 bits per heavy atom. The van der Waals surface area contributed by atoms with Gasteiger partial charge in [-0.2, -0.15) is 0 Å². The molecular weight excluding hydrogens is 336 g/mol. The number of pyridine rings is 3. The Hall–Kier alpha value is -3.55. The predicted molar refractivity (Wildman–Crippen MR) is 95.6 cm³/mol. The van der Waals surface area contributed by atoms with Gasteiger partial charge >= 0.3 is 5.97 Å². The smallest absolute Gasteiger partial charge is 0.337 e. The van der Waals surface area contributed by atoms with E-state index in [0.717, 1.165) is 11.9 Å². The van der Waals surface area contributed by atoms with Crippen LogP contribution in [0.5, 0.6) is 0 Å². The summed E-state index contributed by atoms with van der Waals surface area (Å²) < 4.78 is 1.74. The van der Waals surface area contributed by atoms with Crippen molar-refractivity contribution < 1.29 is 14.7 Å². The lowest BCUT2D eigenvalue weighted by Crippen LogP contribution is -2.24. The number of anilines is 1. The Kier molecular flexibility index (Phi) is 4.49. The van der Waals surface area contributed by atoms with E-state index in [1.165, 1.54) is 18.3 Å². The topological polar surface area (TPSA) is 114 Å². The van der Waals surface area contributed by atoms with Crippen LogP contribution in [0.1, 0.15) is 33.3 Å². The van der Waals surface area contributed by atoms with Crippen molar-refractivity contribution in [2.24, 2.45) is 0 Å². The molecule has 1 amide bonds. The summed E-state index contributed by atoms with van der Waals surface area (Å²) in [5, 5.41) is 11.7. The van der Waals surface area contributed by atoms with Crippen LogP contribution in [-0.2, 0) is 6.54 Å². The number of carbonyl (C=O) groups excluding carboxylic acids is 1. The van der Waals surface area contributed by atoms with Crippen LogP contribution in [-0.4, -0.2) is 31.5 Å². The second kappa shape index (κ2) is 6.75. The zero-order valence-corrected chi connectivity index (χ0v) is 14.2. The Bertz CT molecular complexity index is 1070. The molecule has 0 bridgehead atoms. The van der Waals surface area contributed by atoms with Crippen molar-refractivity contribution >= 4 is 28.7 Å². The number of rotatable bonds is 4. The van der Waals surface area contributed by atoms with Crippen LogP contribution in [0.2, 0.25) is 0 Å². The molecule has 0 unspecified atom stereocenters. The second-order valence-electron chi connectivity index (χ2n) is 5.67. The average molecular weight is 352 g/mol. The fourth-order valence-corrected chi connectivity index (χ4v) is 2.54. The van der Waals surface area contributed by atoms with Gasteiger partial charge in [-0.3, -0.25) is 9.59 Å². The monoisotopic (exact) mass is 352 g/mol. The van der Waals surface area contributed by atoms with Gasteiger partial charge in [-0.25, -0.2) is 14.8 Å². The first-order valence-corrected chi connectivity index (χ1v) is 7.92. The highest BCUT2D eigenvalue weighted by Gasteiger charge is 2.17. The molecule has 132 valence electrons. The van der Waals surface area contributed by atoms with Crippen molar-refractivity contribution in [2.75, 3.05) is 5.32 Å². The fraction of sp³-hybridized carbons (Fsp3) is 0.167. The van der Waals surface area contributed by atoms with E-state index in [9.17, 15) is 14.4 Å². The molecule has 0 saturated heterocycles. The lowest BCUT2D eigenvalue weighted by Gasteiger charge is -2.11. The zero-order chi connectivity index (χ0) is 18.8. The largest absolute Gasteiger partial charge is 0.478 e. The Labute approximate surface area is 148 Å². The highest BCUT2D eigenvalue weighted by Crippen LogP contribution is 2.12. The highest BCUT2D eigenvalue weighted by atomic mass is 16.4. The van der Waals surface area contributed by atoms with Crippen LogP contribution in [0.3, 0.4) is 0 Å². The van der Waals surface area contributed by atoms with E-state index in [1.54, 1.807) is 16.7 Å². The number of hydrogen-bond acceptors (Lipinski definition) is 5. The first kappa shape index (κ1) is 17.3. The lowest BCUT2D eigenvalue weighted by atomic mass is 10.1. The van der Waals surface area contributed by atoms with Crippen LogP contribution in [0, 0.1) is 6.92 Å². The number of aromatic carboxylic acids is 1. The van der Waals surface area contributed by atoms with E-state index in [4.69, 9.17) is 5.11 Å². The minimum absolute atomic E-state index is 0.00323. The van der Waals surface area contributed by atoms with Gasteiger partial charge in [0, 0.05) is 24.6 Å². The number of amides is 1. The number of fused-ring (bicyclic) bond motifs is 1.